The Morgan fingerprint density at radius 3 is 2.63 bits per heavy atom. The van der Waals surface area contributed by atoms with Crippen molar-refractivity contribution in [1.29, 1.82) is 0 Å². The van der Waals surface area contributed by atoms with Crippen LogP contribution >= 0.6 is 22.9 Å². The van der Waals surface area contributed by atoms with Crippen LogP contribution < -0.4 is 0 Å². The number of benzene rings is 1. The van der Waals surface area contributed by atoms with Gasteiger partial charge in [-0.15, -0.1) is 11.3 Å². The highest BCUT2D eigenvalue weighted by Gasteiger charge is 2.11. The summed E-state index contributed by atoms with van der Waals surface area (Å²) in [7, 11) is 0. The minimum absolute atomic E-state index is 0.0921. The molecular weight excluding hydrogens is 282 g/mol. The van der Waals surface area contributed by atoms with Crippen LogP contribution in [0.1, 0.15) is 5.69 Å². The first-order valence-corrected chi connectivity index (χ1v) is 6.87. The lowest BCUT2D eigenvalue weighted by Crippen LogP contribution is -1.95. The molecule has 96 valence electrons. The molecule has 0 saturated carbocycles. The predicted molar refractivity (Wildman–Crippen MR) is 76.1 cm³/mol. The summed E-state index contributed by atoms with van der Waals surface area (Å²) in [5.41, 5.74) is 2.57. The number of halogens is 1. The Bertz CT molecular complexity index is 718. The van der Waals surface area contributed by atoms with Gasteiger partial charge in [0, 0.05) is 22.0 Å². The minimum atomic E-state index is 0.0921. The number of thiazole rings is 1. The lowest BCUT2D eigenvalue weighted by atomic mass is 10.2. The summed E-state index contributed by atoms with van der Waals surface area (Å²) in [6.45, 7) is 1.82. The van der Waals surface area contributed by atoms with Gasteiger partial charge < -0.3 is 5.11 Å². The summed E-state index contributed by atoms with van der Waals surface area (Å²) in [4.78, 5) is 4.47. The SMILES string of the molecule is Cc1cc(O)n(-c2nc(-c3ccc(Cl)cc3)cs2)n1. The molecule has 0 bridgehead atoms. The fourth-order valence-electron chi connectivity index (χ4n) is 1.74. The highest BCUT2D eigenvalue weighted by molar-refractivity contribution is 7.12. The molecule has 2 heterocycles. The molecule has 0 amide bonds. The van der Waals surface area contributed by atoms with Gasteiger partial charge in [0.25, 0.3) is 0 Å². The fraction of sp³-hybridized carbons (Fsp3) is 0.0769. The molecule has 0 atom stereocenters. The highest BCUT2D eigenvalue weighted by atomic mass is 35.5. The van der Waals surface area contributed by atoms with E-state index in [1.165, 1.54) is 16.0 Å². The van der Waals surface area contributed by atoms with Crippen molar-refractivity contribution < 1.29 is 5.11 Å². The molecule has 0 aliphatic heterocycles. The van der Waals surface area contributed by atoms with Crippen LogP contribution in [-0.2, 0) is 0 Å². The Morgan fingerprint density at radius 2 is 2.00 bits per heavy atom. The van der Waals surface area contributed by atoms with Crippen LogP contribution in [0.3, 0.4) is 0 Å². The smallest absolute Gasteiger partial charge is 0.216 e. The van der Waals surface area contributed by atoms with E-state index in [0.29, 0.717) is 10.2 Å². The average molecular weight is 292 g/mol. The van der Waals surface area contributed by atoms with Crippen LogP contribution in [0.15, 0.2) is 35.7 Å². The average Bonchev–Trinajstić information content (AvgIpc) is 2.97. The van der Waals surface area contributed by atoms with Crippen LogP contribution in [0.2, 0.25) is 5.02 Å². The molecule has 2 aromatic heterocycles. The number of hydrogen-bond acceptors (Lipinski definition) is 4. The zero-order valence-corrected chi connectivity index (χ0v) is 11.6. The van der Waals surface area contributed by atoms with Gasteiger partial charge in [0.15, 0.2) is 0 Å². The van der Waals surface area contributed by atoms with Crippen LogP contribution in [0.4, 0.5) is 0 Å². The monoisotopic (exact) mass is 291 g/mol. The molecule has 19 heavy (non-hydrogen) atoms. The normalized spacial score (nSPS) is 10.8. The molecule has 1 N–H and O–H groups in total. The summed E-state index contributed by atoms with van der Waals surface area (Å²) in [5, 5.41) is 17.2. The molecule has 0 aliphatic rings. The first-order chi connectivity index (χ1) is 9.13. The van der Waals surface area contributed by atoms with E-state index < -0.39 is 0 Å². The third-order valence-electron chi connectivity index (χ3n) is 2.63. The maximum Gasteiger partial charge on any atom is 0.216 e. The Labute approximate surface area is 118 Å². The first-order valence-electron chi connectivity index (χ1n) is 5.61. The summed E-state index contributed by atoms with van der Waals surface area (Å²) >= 11 is 7.28. The third kappa shape index (κ3) is 2.34. The topological polar surface area (TPSA) is 50.9 Å². The number of aryl methyl sites for hydroxylation is 1. The number of aromatic hydroxyl groups is 1. The maximum absolute atomic E-state index is 9.75. The van der Waals surface area contributed by atoms with Crippen LogP contribution in [0, 0.1) is 6.92 Å². The lowest BCUT2D eigenvalue weighted by molar-refractivity contribution is 0.433. The van der Waals surface area contributed by atoms with Gasteiger partial charge in [0.2, 0.25) is 11.0 Å². The zero-order valence-electron chi connectivity index (χ0n) is 10.0. The molecule has 6 heteroatoms. The van der Waals surface area contributed by atoms with Crippen LogP contribution in [0.5, 0.6) is 5.88 Å². The third-order valence-corrected chi connectivity index (χ3v) is 3.69. The summed E-state index contributed by atoms with van der Waals surface area (Å²) in [6.07, 6.45) is 0. The number of hydrogen-bond donors (Lipinski definition) is 1. The molecule has 0 fully saturated rings. The second-order valence-corrected chi connectivity index (χ2v) is 5.35. The molecule has 1 aromatic carbocycles. The number of rotatable bonds is 2. The Hall–Kier alpha value is -1.85. The van der Waals surface area contributed by atoms with Gasteiger partial charge in [-0.25, -0.2) is 4.98 Å². The van der Waals surface area contributed by atoms with Crippen molar-refractivity contribution in [1.82, 2.24) is 14.8 Å². The minimum Gasteiger partial charge on any atom is -0.493 e. The van der Waals surface area contributed by atoms with Crippen LogP contribution in [0.25, 0.3) is 16.4 Å². The summed E-state index contributed by atoms with van der Waals surface area (Å²) in [5.74, 6) is 0.0921. The molecule has 0 radical (unpaired) electrons. The molecule has 0 aliphatic carbocycles. The van der Waals surface area contributed by atoms with E-state index >= 15 is 0 Å². The summed E-state index contributed by atoms with van der Waals surface area (Å²) < 4.78 is 1.43. The van der Waals surface area contributed by atoms with E-state index in [1.54, 1.807) is 6.07 Å². The van der Waals surface area contributed by atoms with Crippen molar-refractivity contribution in [2.45, 2.75) is 6.92 Å². The molecule has 0 unspecified atom stereocenters. The largest absolute Gasteiger partial charge is 0.493 e. The van der Waals surface area contributed by atoms with Crippen molar-refractivity contribution in [2.75, 3.05) is 0 Å². The standard InChI is InChI=1S/C13H10ClN3OS/c1-8-6-12(18)17(16-8)13-15-11(7-19-13)9-2-4-10(14)5-3-9/h2-7,18H,1H3. The highest BCUT2D eigenvalue weighted by Crippen LogP contribution is 2.27. The van der Waals surface area contributed by atoms with E-state index in [1.807, 2.05) is 36.6 Å². The molecule has 3 rings (SSSR count). The summed E-state index contributed by atoms with van der Waals surface area (Å²) in [6, 6.07) is 9.07. The molecular formula is C13H10ClN3OS. The molecule has 4 nitrogen and oxygen atoms in total. The van der Waals surface area contributed by atoms with Gasteiger partial charge in [0.1, 0.15) is 0 Å². The van der Waals surface area contributed by atoms with Gasteiger partial charge >= 0.3 is 0 Å². The van der Waals surface area contributed by atoms with E-state index in [9.17, 15) is 5.11 Å². The molecule has 3 aromatic rings. The fourth-order valence-corrected chi connectivity index (χ4v) is 2.66. The van der Waals surface area contributed by atoms with Crippen molar-refractivity contribution in [2.24, 2.45) is 0 Å². The van der Waals surface area contributed by atoms with E-state index in [0.717, 1.165) is 17.0 Å². The van der Waals surface area contributed by atoms with Crippen LogP contribution in [-0.4, -0.2) is 19.9 Å². The Balaban J connectivity index is 1.99. The van der Waals surface area contributed by atoms with Crippen molar-refractivity contribution in [3.8, 4) is 22.3 Å². The van der Waals surface area contributed by atoms with Gasteiger partial charge in [0.05, 0.1) is 11.4 Å². The maximum atomic E-state index is 9.75. The van der Waals surface area contributed by atoms with Crippen molar-refractivity contribution in [3.63, 3.8) is 0 Å². The number of nitrogens with zero attached hydrogens (tertiary/aromatic N) is 3. The first kappa shape index (κ1) is 12.2. The van der Waals surface area contributed by atoms with Gasteiger partial charge in [-0.1, -0.05) is 23.7 Å². The second kappa shape index (κ2) is 4.68. The quantitative estimate of drug-likeness (QED) is 0.784. The molecule has 0 saturated heterocycles. The van der Waals surface area contributed by atoms with Crippen molar-refractivity contribution >= 4 is 22.9 Å². The van der Waals surface area contributed by atoms with E-state index in [2.05, 4.69) is 10.1 Å². The van der Waals surface area contributed by atoms with Gasteiger partial charge in [-0.3, -0.25) is 0 Å². The van der Waals surface area contributed by atoms with Gasteiger partial charge in [-0.05, 0) is 19.1 Å². The molecule has 0 spiro atoms. The Morgan fingerprint density at radius 1 is 1.26 bits per heavy atom. The van der Waals surface area contributed by atoms with Gasteiger partial charge in [-0.2, -0.15) is 9.78 Å². The second-order valence-electron chi connectivity index (χ2n) is 4.08. The van der Waals surface area contributed by atoms with E-state index in [4.69, 9.17) is 11.6 Å². The zero-order chi connectivity index (χ0) is 13.4. The van der Waals surface area contributed by atoms with Crippen molar-refractivity contribution in [3.05, 3.63) is 46.4 Å². The predicted octanol–water partition coefficient (Wildman–Crippen LogP) is 3.66. The van der Waals surface area contributed by atoms with E-state index in [-0.39, 0.29) is 5.88 Å². The lowest BCUT2D eigenvalue weighted by Gasteiger charge is -1.98. The number of aromatic nitrogens is 3. The Kier molecular flexibility index (Phi) is 3.00.